The van der Waals surface area contributed by atoms with E-state index in [4.69, 9.17) is 9.47 Å². The summed E-state index contributed by atoms with van der Waals surface area (Å²) in [6.07, 6.45) is 4.77. The van der Waals surface area contributed by atoms with Crippen LogP contribution in [-0.2, 0) is 19.1 Å². The fraction of sp³-hybridized carbons (Fsp3) is 0.571. The van der Waals surface area contributed by atoms with Crippen LogP contribution in [0.2, 0.25) is 0 Å². The lowest BCUT2D eigenvalue weighted by atomic mass is 10.1. The third-order valence-electron chi connectivity index (χ3n) is 2.62. The van der Waals surface area contributed by atoms with Gasteiger partial charge in [0.25, 0.3) is 0 Å². The molecule has 0 saturated carbocycles. The van der Waals surface area contributed by atoms with Gasteiger partial charge in [0, 0.05) is 12.2 Å². The van der Waals surface area contributed by atoms with Crippen LogP contribution in [0.5, 0.6) is 0 Å². The van der Waals surface area contributed by atoms with Crippen molar-refractivity contribution in [2.75, 3.05) is 0 Å². The summed E-state index contributed by atoms with van der Waals surface area (Å²) in [5, 5.41) is 0. The summed E-state index contributed by atoms with van der Waals surface area (Å²) in [6.45, 7) is 10.6. The maximum Gasteiger partial charge on any atom is 0.330 e. The molecule has 18 heavy (non-hydrogen) atoms. The maximum absolute atomic E-state index is 11.1. The second kappa shape index (κ2) is 9.45. The number of carbonyl (C=O) groups is 2. The highest BCUT2D eigenvalue weighted by molar-refractivity contribution is 5.81. The predicted molar refractivity (Wildman–Crippen MR) is 70.0 cm³/mol. The first-order chi connectivity index (χ1) is 8.57. The van der Waals surface area contributed by atoms with Gasteiger partial charge in [-0.2, -0.15) is 0 Å². The molecule has 0 fully saturated rings. The molecule has 0 aromatic heterocycles. The van der Waals surface area contributed by atoms with Gasteiger partial charge in [-0.15, -0.1) is 0 Å². The Morgan fingerprint density at radius 3 is 1.50 bits per heavy atom. The van der Waals surface area contributed by atoms with Crippen molar-refractivity contribution in [2.24, 2.45) is 0 Å². The molecule has 0 N–H and O–H groups in total. The summed E-state index contributed by atoms with van der Waals surface area (Å²) < 4.78 is 10.3. The van der Waals surface area contributed by atoms with E-state index in [2.05, 4.69) is 13.2 Å². The van der Waals surface area contributed by atoms with Gasteiger partial charge in [0.2, 0.25) is 0 Å². The fourth-order valence-electron chi connectivity index (χ4n) is 1.49. The van der Waals surface area contributed by atoms with Crippen LogP contribution < -0.4 is 0 Å². The van der Waals surface area contributed by atoms with Gasteiger partial charge < -0.3 is 9.47 Å². The second-order valence-corrected chi connectivity index (χ2v) is 3.92. The minimum absolute atomic E-state index is 0.160. The van der Waals surface area contributed by atoms with Gasteiger partial charge in [-0.05, 0) is 25.7 Å². The van der Waals surface area contributed by atoms with Gasteiger partial charge in [-0.3, -0.25) is 0 Å². The highest BCUT2D eigenvalue weighted by Gasteiger charge is 2.16. The van der Waals surface area contributed by atoms with Crippen LogP contribution in [0.3, 0.4) is 0 Å². The van der Waals surface area contributed by atoms with Gasteiger partial charge in [-0.25, -0.2) is 9.59 Å². The van der Waals surface area contributed by atoms with E-state index < -0.39 is 11.9 Å². The Kier molecular flexibility index (Phi) is 8.62. The molecule has 4 nitrogen and oxygen atoms in total. The number of hydrogen-bond donors (Lipinski definition) is 0. The van der Waals surface area contributed by atoms with Gasteiger partial charge in [0.05, 0.1) is 0 Å². The molecule has 0 aliphatic rings. The zero-order chi connectivity index (χ0) is 14.0. The van der Waals surface area contributed by atoms with Crippen LogP contribution in [0.25, 0.3) is 0 Å². The fourth-order valence-corrected chi connectivity index (χ4v) is 1.49. The number of carbonyl (C=O) groups excluding carboxylic acids is 2. The molecular weight excluding hydrogens is 232 g/mol. The van der Waals surface area contributed by atoms with E-state index in [1.807, 2.05) is 13.8 Å². The Morgan fingerprint density at radius 2 is 1.28 bits per heavy atom. The second-order valence-electron chi connectivity index (χ2n) is 3.92. The standard InChI is InChI=1S/C14H22O4/c1-5-11(17-13(15)7-3)9-10-12(6-2)18-14(16)8-4/h7-8,11-12H,3-6,9-10H2,1-2H3. The number of ether oxygens (including phenoxy) is 2. The largest absolute Gasteiger partial charge is 0.459 e. The SMILES string of the molecule is C=CC(=O)OC(CC)CCC(CC)OC(=O)C=C. The molecule has 0 spiro atoms. The molecule has 0 rings (SSSR count). The van der Waals surface area contributed by atoms with Gasteiger partial charge in [0.15, 0.2) is 0 Å². The van der Waals surface area contributed by atoms with E-state index in [9.17, 15) is 9.59 Å². The van der Waals surface area contributed by atoms with Gasteiger partial charge in [0.1, 0.15) is 12.2 Å². The molecule has 0 aliphatic carbocycles. The smallest absolute Gasteiger partial charge is 0.330 e. The van der Waals surface area contributed by atoms with E-state index in [1.54, 1.807) is 0 Å². The molecule has 0 heterocycles. The van der Waals surface area contributed by atoms with Crippen molar-refractivity contribution < 1.29 is 19.1 Å². The zero-order valence-electron chi connectivity index (χ0n) is 11.2. The van der Waals surface area contributed by atoms with Gasteiger partial charge >= 0.3 is 11.9 Å². The first-order valence-corrected chi connectivity index (χ1v) is 6.23. The van der Waals surface area contributed by atoms with Crippen molar-refractivity contribution in [1.82, 2.24) is 0 Å². The molecule has 4 heteroatoms. The lowest BCUT2D eigenvalue weighted by molar-refractivity contribution is -0.147. The summed E-state index contributed by atoms with van der Waals surface area (Å²) in [5.74, 6) is -0.837. The third-order valence-corrected chi connectivity index (χ3v) is 2.62. The monoisotopic (exact) mass is 254 g/mol. The van der Waals surface area contributed by atoms with E-state index in [-0.39, 0.29) is 12.2 Å². The lowest BCUT2D eigenvalue weighted by Crippen LogP contribution is -2.21. The highest BCUT2D eigenvalue weighted by atomic mass is 16.5. The van der Waals surface area contributed by atoms with Gasteiger partial charge in [-0.1, -0.05) is 27.0 Å². The van der Waals surface area contributed by atoms with Crippen LogP contribution in [0, 0.1) is 0 Å². The number of hydrogen-bond acceptors (Lipinski definition) is 4. The molecule has 102 valence electrons. The molecule has 2 atom stereocenters. The topological polar surface area (TPSA) is 52.6 Å². The van der Waals surface area contributed by atoms with E-state index in [0.717, 1.165) is 25.0 Å². The average molecular weight is 254 g/mol. The average Bonchev–Trinajstić information content (AvgIpc) is 2.40. The third kappa shape index (κ3) is 6.89. The summed E-state index contributed by atoms with van der Waals surface area (Å²) >= 11 is 0. The highest BCUT2D eigenvalue weighted by Crippen LogP contribution is 2.14. The van der Waals surface area contributed by atoms with Crippen LogP contribution in [-0.4, -0.2) is 24.1 Å². The minimum Gasteiger partial charge on any atom is -0.459 e. The van der Waals surface area contributed by atoms with Crippen molar-refractivity contribution in [3.63, 3.8) is 0 Å². The molecule has 0 aromatic rings. The molecule has 0 amide bonds. The normalized spacial score (nSPS) is 13.2. The van der Waals surface area contributed by atoms with E-state index >= 15 is 0 Å². The van der Waals surface area contributed by atoms with E-state index in [1.165, 1.54) is 0 Å². The first-order valence-electron chi connectivity index (χ1n) is 6.23. The van der Waals surface area contributed by atoms with Crippen LogP contribution >= 0.6 is 0 Å². The Balaban J connectivity index is 4.14. The zero-order valence-corrected chi connectivity index (χ0v) is 11.2. The molecule has 0 bridgehead atoms. The van der Waals surface area contributed by atoms with E-state index in [0.29, 0.717) is 12.8 Å². The van der Waals surface area contributed by atoms with Crippen LogP contribution in [0.4, 0.5) is 0 Å². The number of rotatable bonds is 9. The summed E-state index contributed by atoms with van der Waals surface area (Å²) in [7, 11) is 0. The first kappa shape index (κ1) is 16.4. The Hall–Kier alpha value is -1.58. The summed E-state index contributed by atoms with van der Waals surface area (Å²) in [4.78, 5) is 22.2. The number of esters is 2. The molecular formula is C14H22O4. The van der Waals surface area contributed by atoms with Crippen molar-refractivity contribution in [1.29, 1.82) is 0 Å². The van der Waals surface area contributed by atoms with Crippen LogP contribution in [0.1, 0.15) is 39.5 Å². The van der Waals surface area contributed by atoms with Crippen LogP contribution in [0.15, 0.2) is 25.3 Å². The maximum atomic E-state index is 11.1. The Bertz CT molecular complexity index is 266. The summed E-state index contributed by atoms with van der Waals surface area (Å²) in [6, 6.07) is 0. The quantitative estimate of drug-likeness (QED) is 0.469. The Labute approximate surface area is 109 Å². The predicted octanol–water partition coefficient (Wildman–Crippen LogP) is 2.78. The van der Waals surface area contributed by atoms with Crippen molar-refractivity contribution in [3.05, 3.63) is 25.3 Å². The van der Waals surface area contributed by atoms with Crippen molar-refractivity contribution in [3.8, 4) is 0 Å². The lowest BCUT2D eigenvalue weighted by Gasteiger charge is -2.19. The molecule has 0 aliphatic heterocycles. The minimum atomic E-state index is -0.419. The molecule has 0 aromatic carbocycles. The molecule has 0 radical (unpaired) electrons. The van der Waals surface area contributed by atoms with Crippen molar-refractivity contribution in [2.45, 2.75) is 51.7 Å². The van der Waals surface area contributed by atoms with Crippen molar-refractivity contribution >= 4 is 11.9 Å². The molecule has 0 saturated heterocycles. The Morgan fingerprint density at radius 1 is 0.944 bits per heavy atom. The summed E-state index contributed by atoms with van der Waals surface area (Å²) in [5.41, 5.74) is 0. The molecule has 2 unspecified atom stereocenters.